The molecule has 3 aromatic rings. The first-order valence-electron chi connectivity index (χ1n) is 5.97. The molecule has 0 fully saturated rings. The first-order valence-corrected chi connectivity index (χ1v) is 5.97. The molecule has 94 valence electrons. The lowest BCUT2D eigenvalue weighted by Gasteiger charge is -2.09. The molecule has 0 amide bonds. The zero-order valence-corrected chi connectivity index (χ0v) is 10.4. The predicted octanol–water partition coefficient (Wildman–Crippen LogP) is 1.96. The van der Waals surface area contributed by atoms with Crippen LogP contribution in [0, 0.1) is 6.92 Å². The topological polar surface area (TPSA) is 54.3 Å². The molecule has 0 atom stereocenters. The molecule has 0 unspecified atom stereocenters. The van der Waals surface area contributed by atoms with Crippen molar-refractivity contribution in [3.8, 4) is 11.3 Å². The molecule has 0 spiro atoms. The summed E-state index contributed by atoms with van der Waals surface area (Å²) in [6.45, 7) is 1.78. The monoisotopic (exact) mass is 252 g/mol. The van der Waals surface area contributed by atoms with Gasteiger partial charge in [-0.2, -0.15) is 0 Å². The van der Waals surface area contributed by atoms with Gasteiger partial charge in [0.1, 0.15) is 5.65 Å². The van der Waals surface area contributed by atoms with Crippen molar-refractivity contribution in [1.29, 1.82) is 0 Å². The number of rotatable bonds is 1. The molecule has 19 heavy (non-hydrogen) atoms. The number of aromatic amines is 1. The third-order valence-corrected chi connectivity index (χ3v) is 3.16. The molecular weight excluding hydrogens is 240 g/mol. The van der Waals surface area contributed by atoms with E-state index in [9.17, 15) is 9.59 Å². The second-order valence-electron chi connectivity index (χ2n) is 4.41. The molecule has 2 aromatic heterocycles. The Morgan fingerprint density at radius 3 is 2.53 bits per heavy atom. The van der Waals surface area contributed by atoms with E-state index in [1.54, 1.807) is 6.92 Å². The number of benzene rings is 1. The Morgan fingerprint density at radius 1 is 1.05 bits per heavy atom. The van der Waals surface area contributed by atoms with Crippen LogP contribution in [0.1, 0.15) is 5.56 Å². The number of hydrogen-bond acceptors (Lipinski definition) is 2. The highest BCUT2D eigenvalue weighted by Gasteiger charge is 2.08. The lowest BCUT2D eigenvalue weighted by atomic mass is 10.1. The van der Waals surface area contributed by atoms with E-state index in [1.807, 2.05) is 30.3 Å². The van der Waals surface area contributed by atoms with E-state index in [0.29, 0.717) is 11.2 Å². The van der Waals surface area contributed by atoms with Crippen molar-refractivity contribution < 1.29 is 0 Å². The molecule has 4 nitrogen and oxygen atoms in total. The zero-order valence-electron chi connectivity index (χ0n) is 10.4. The van der Waals surface area contributed by atoms with Gasteiger partial charge in [-0.25, -0.2) is 0 Å². The summed E-state index contributed by atoms with van der Waals surface area (Å²) < 4.78 is 1.45. The van der Waals surface area contributed by atoms with Crippen LogP contribution in [0.2, 0.25) is 0 Å². The fourth-order valence-electron chi connectivity index (χ4n) is 2.16. The minimum absolute atomic E-state index is 0.118. The van der Waals surface area contributed by atoms with E-state index in [-0.39, 0.29) is 11.0 Å². The molecule has 0 saturated heterocycles. The van der Waals surface area contributed by atoms with Gasteiger partial charge in [0.2, 0.25) is 0 Å². The minimum atomic E-state index is -0.126. The second kappa shape index (κ2) is 4.24. The number of aromatic nitrogens is 2. The highest BCUT2D eigenvalue weighted by molar-refractivity contribution is 5.64. The summed E-state index contributed by atoms with van der Waals surface area (Å²) in [5, 5.41) is 0. The van der Waals surface area contributed by atoms with Gasteiger partial charge in [-0.15, -0.1) is 0 Å². The largest absolute Gasteiger partial charge is 0.340 e. The quantitative estimate of drug-likeness (QED) is 0.719. The Hall–Kier alpha value is -2.62. The number of fused-ring (bicyclic) bond motifs is 1. The van der Waals surface area contributed by atoms with Crippen LogP contribution in [0.5, 0.6) is 0 Å². The van der Waals surface area contributed by atoms with Gasteiger partial charge >= 0.3 is 0 Å². The Kier molecular flexibility index (Phi) is 2.56. The van der Waals surface area contributed by atoms with Crippen LogP contribution < -0.4 is 11.0 Å². The van der Waals surface area contributed by atoms with Gasteiger partial charge in [-0.05, 0) is 12.5 Å². The van der Waals surface area contributed by atoms with E-state index >= 15 is 0 Å². The van der Waals surface area contributed by atoms with Gasteiger partial charge in [0.15, 0.2) is 5.43 Å². The summed E-state index contributed by atoms with van der Waals surface area (Å²) in [7, 11) is 0. The summed E-state index contributed by atoms with van der Waals surface area (Å²) in [5.41, 5.74) is 2.56. The van der Waals surface area contributed by atoms with E-state index in [2.05, 4.69) is 4.98 Å². The fourth-order valence-corrected chi connectivity index (χ4v) is 2.16. The Labute approximate surface area is 109 Å². The Bertz CT molecular complexity index is 861. The lowest BCUT2D eigenvalue weighted by Crippen LogP contribution is -2.20. The summed E-state index contributed by atoms with van der Waals surface area (Å²) in [4.78, 5) is 26.8. The van der Waals surface area contributed by atoms with Crippen LogP contribution in [0.25, 0.3) is 16.9 Å². The lowest BCUT2D eigenvalue weighted by molar-refractivity contribution is 1.02. The average molecular weight is 252 g/mol. The van der Waals surface area contributed by atoms with Crippen molar-refractivity contribution in [2.75, 3.05) is 0 Å². The van der Waals surface area contributed by atoms with Crippen LogP contribution in [0.15, 0.2) is 58.3 Å². The Balaban J connectivity index is 2.41. The standard InChI is InChI=1S/C15H12N2O2/c1-10-14(11-5-3-2-4-6-11)16-13-9-12(18)7-8-17(13)15(10)19/h2-9,16H,1H3. The molecule has 0 radical (unpaired) electrons. The molecule has 4 heteroatoms. The molecule has 0 aliphatic carbocycles. The number of nitrogens with one attached hydrogen (secondary N) is 1. The van der Waals surface area contributed by atoms with Gasteiger partial charge in [0.05, 0.1) is 5.69 Å². The van der Waals surface area contributed by atoms with Crippen molar-refractivity contribution in [1.82, 2.24) is 9.38 Å². The van der Waals surface area contributed by atoms with Gasteiger partial charge < -0.3 is 4.98 Å². The number of hydrogen-bond donors (Lipinski definition) is 1. The highest BCUT2D eigenvalue weighted by Crippen LogP contribution is 2.18. The van der Waals surface area contributed by atoms with Gasteiger partial charge in [0, 0.05) is 23.9 Å². The van der Waals surface area contributed by atoms with Gasteiger partial charge in [-0.3, -0.25) is 14.0 Å². The van der Waals surface area contributed by atoms with Crippen molar-refractivity contribution in [3.63, 3.8) is 0 Å². The van der Waals surface area contributed by atoms with Crippen molar-refractivity contribution in [2.45, 2.75) is 6.92 Å². The molecular formula is C15H12N2O2. The van der Waals surface area contributed by atoms with Crippen LogP contribution in [0.3, 0.4) is 0 Å². The number of H-pyrrole nitrogens is 1. The zero-order chi connectivity index (χ0) is 13.4. The van der Waals surface area contributed by atoms with Gasteiger partial charge in [-0.1, -0.05) is 30.3 Å². The third-order valence-electron chi connectivity index (χ3n) is 3.16. The normalized spacial score (nSPS) is 10.8. The maximum atomic E-state index is 12.3. The second-order valence-corrected chi connectivity index (χ2v) is 4.41. The average Bonchev–Trinajstić information content (AvgIpc) is 2.43. The minimum Gasteiger partial charge on any atom is -0.340 e. The van der Waals surface area contributed by atoms with E-state index in [4.69, 9.17) is 0 Å². The van der Waals surface area contributed by atoms with Crippen LogP contribution in [-0.4, -0.2) is 9.38 Å². The highest BCUT2D eigenvalue weighted by atomic mass is 16.1. The molecule has 1 aromatic carbocycles. The number of nitrogens with zero attached hydrogens (tertiary/aromatic N) is 1. The fraction of sp³-hybridized carbons (Fsp3) is 0.0667. The molecule has 1 N–H and O–H groups in total. The summed E-state index contributed by atoms with van der Waals surface area (Å²) in [6.07, 6.45) is 1.50. The molecule has 0 bridgehead atoms. The molecule has 0 aliphatic rings. The predicted molar refractivity (Wildman–Crippen MR) is 74.5 cm³/mol. The molecule has 2 heterocycles. The number of pyridine rings is 1. The summed E-state index contributed by atoms with van der Waals surface area (Å²) in [6, 6.07) is 12.4. The van der Waals surface area contributed by atoms with Gasteiger partial charge in [0.25, 0.3) is 5.56 Å². The SMILES string of the molecule is Cc1c(-c2ccccc2)[nH]c2cc(=O)ccn2c1=O. The Morgan fingerprint density at radius 2 is 1.79 bits per heavy atom. The van der Waals surface area contributed by atoms with Crippen LogP contribution in [-0.2, 0) is 0 Å². The molecule has 0 saturated carbocycles. The maximum absolute atomic E-state index is 12.3. The van der Waals surface area contributed by atoms with Crippen molar-refractivity contribution >= 4 is 5.65 Å². The van der Waals surface area contributed by atoms with Crippen LogP contribution >= 0.6 is 0 Å². The van der Waals surface area contributed by atoms with E-state index in [1.165, 1.54) is 22.7 Å². The van der Waals surface area contributed by atoms with Crippen molar-refractivity contribution in [3.05, 3.63) is 74.8 Å². The summed E-state index contributed by atoms with van der Waals surface area (Å²) >= 11 is 0. The molecule has 3 rings (SSSR count). The first-order chi connectivity index (χ1) is 9.16. The maximum Gasteiger partial charge on any atom is 0.261 e. The third kappa shape index (κ3) is 1.87. The smallest absolute Gasteiger partial charge is 0.261 e. The van der Waals surface area contributed by atoms with E-state index in [0.717, 1.165) is 11.3 Å². The van der Waals surface area contributed by atoms with Crippen LogP contribution in [0.4, 0.5) is 0 Å². The van der Waals surface area contributed by atoms with E-state index < -0.39 is 0 Å². The molecule has 0 aliphatic heterocycles. The summed E-state index contributed by atoms with van der Waals surface area (Å²) in [5.74, 6) is 0. The first kappa shape index (κ1) is 11.5. The van der Waals surface area contributed by atoms with Crippen molar-refractivity contribution in [2.24, 2.45) is 0 Å².